The molecule has 1 aliphatic rings. The highest BCUT2D eigenvalue weighted by Crippen LogP contribution is 2.44. The number of aromatic nitrogens is 1. The van der Waals surface area contributed by atoms with Crippen LogP contribution in [-0.2, 0) is 6.42 Å². The van der Waals surface area contributed by atoms with Gasteiger partial charge in [-0.3, -0.25) is 4.90 Å². The maximum absolute atomic E-state index is 13.5. The molecule has 6 heteroatoms. The first kappa shape index (κ1) is 19.7. The van der Waals surface area contributed by atoms with Crippen molar-refractivity contribution in [2.75, 3.05) is 20.3 Å². The summed E-state index contributed by atoms with van der Waals surface area (Å²) in [6, 6.07) is 13.3. The van der Waals surface area contributed by atoms with Crippen LogP contribution in [-0.4, -0.2) is 42.6 Å². The fourth-order valence-corrected chi connectivity index (χ4v) is 4.47. The molecule has 1 N–H and O–H groups in total. The van der Waals surface area contributed by atoms with Crippen LogP contribution in [0, 0.1) is 0 Å². The van der Waals surface area contributed by atoms with E-state index in [2.05, 4.69) is 11.1 Å². The lowest BCUT2D eigenvalue weighted by atomic mass is 9.88. The van der Waals surface area contributed by atoms with Gasteiger partial charge in [0.1, 0.15) is 11.5 Å². The zero-order valence-electron chi connectivity index (χ0n) is 16.9. The number of halogens is 2. The van der Waals surface area contributed by atoms with Crippen molar-refractivity contribution >= 4 is 10.9 Å². The Morgan fingerprint density at radius 3 is 2.72 bits per heavy atom. The van der Waals surface area contributed by atoms with E-state index in [1.807, 2.05) is 55.1 Å². The Labute approximate surface area is 169 Å². The van der Waals surface area contributed by atoms with E-state index in [4.69, 9.17) is 9.47 Å². The largest absolute Gasteiger partial charge is 0.496 e. The number of H-pyrrole nitrogens is 1. The van der Waals surface area contributed by atoms with Crippen molar-refractivity contribution in [1.29, 1.82) is 0 Å². The van der Waals surface area contributed by atoms with Crippen molar-refractivity contribution in [3.05, 3.63) is 59.3 Å². The Kier molecular flexibility index (Phi) is 5.46. The van der Waals surface area contributed by atoms with Crippen LogP contribution in [0.5, 0.6) is 11.5 Å². The summed E-state index contributed by atoms with van der Waals surface area (Å²) in [5.41, 5.74) is 4.00. The van der Waals surface area contributed by atoms with E-state index in [0.29, 0.717) is 18.1 Å². The second kappa shape index (κ2) is 8.03. The number of alkyl halides is 2. The van der Waals surface area contributed by atoms with Crippen LogP contribution in [0.1, 0.15) is 36.7 Å². The number of fused-ring (bicyclic) bond motifs is 3. The molecule has 1 aromatic heterocycles. The molecule has 0 unspecified atom stereocenters. The Morgan fingerprint density at radius 2 is 2.00 bits per heavy atom. The van der Waals surface area contributed by atoms with E-state index in [1.54, 1.807) is 7.11 Å². The van der Waals surface area contributed by atoms with Crippen molar-refractivity contribution in [1.82, 2.24) is 9.88 Å². The first-order valence-electron chi connectivity index (χ1n) is 9.97. The minimum atomic E-state index is -2.42. The normalized spacial score (nSPS) is 19.5. The number of nitrogens with one attached hydrogen (secondary N) is 1. The van der Waals surface area contributed by atoms with E-state index < -0.39 is 6.43 Å². The summed E-state index contributed by atoms with van der Waals surface area (Å²) in [5, 5.41) is 1.15. The summed E-state index contributed by atoms with van der Waals surface area (Å²) in [7, 11) is 1.61. The van der Waals surface area contributed by atoms with E-state index >= 15 is 0 Å². The fraction of sp³-hybridized carbons (Fsp3) is 0.391. The van der Waals surface area contributed by atoms with Gasteiger partial charge in [-0.05, 0) is 50.1 Å². The molecule has 2 aromatic carbocycles. The number of methoxy groups -OCH3 is 1. The van der Waals surface area contributed by atoms with Crippen LogP contribution in [0.2, 0.25) is 0 Å². The van der Waals surface area contributed by atoms with Gasteiger partial charge in [-0.1, -0.05) is 18.2 Å². The molecule has 2 heterocycles. The Balaban J connectivity index is 1.93. The first-order chi connectivity index (χ1) is 14.0. The standard InChI is InChI=1S/C23H26F2N2O2/c1-4-29-15-9-10-20(28-3)18(12-15)23-22-17(11-14(2)27(23)13-21(24)25)16-7-5-6-8-19(16)26-22/h5-10,12,14,21,23,26H,4,11,13H2,1-3H3/t14-,23-/m1/s1. The van der Waals surface area contributed by atoms with Gasteiger partial charge >= 0.3 is 0 Å². The molecule has 1 aliphatic heterocycles. The minimum Gasteiger partial charge on any atom is -0.496 e. The van der Waals surface area contributed by atoms with Crippen molar-refractivity contribution < 1.29 is 18.3 Å². The lowest BCUT2D eigenvalue weighted by molar-refractivity contribution is 0.0449. The molecule has 4 nitrogen and oxygen atoms in total. The molecule has 154 valence electrons. The zero-order chi connectivity index (χ0) is 20.5. The molecule has 2 atom stereocenters. The van der Waals surface area contributed by atoms with Crippen molar-refractivity contribution in [2.24, 2.45) is 0 Å². The SMILES string of the molecule is CCOc1ccc(OC)c([C@@H]2c3[nH]c4ccccc4c3C[C@@H](C)N2CC(F)F)c1. The average Bonchev–Trinajstić information content (AvgIpc) is 3.06. The molecule has 3 aromatic rings. The smallest absolute Gasteiger partial charge is 0.251 e. The number of benzene rings is 2. The number of aromatic amines is 1. The fourth-order valence-electron chi connectivity index (χ4n) is 4.47. The van der Waals surface area contributed by atoms with Crippen molar-refractivity contribution in [3.8, 4) is 11.5 Å². The quantitative estimate of drug-likeness (QED) is 0.620. The predicted molar refractivity (Wildman–Crippen MR) is 110 cm³/mol. The molecule has 0 saturated heterocycles. The molecular weight excluding hydrogens is 374 g/mol. The van der Waals surface area contributed by atoms with Gasteiger partial charge in [0.25, 0.3) is 6.43 Å². The first-order valence-corrected chi connectivity index (χ1v) is 9.97. The molecule has 4 rings (SSSR count). The highest BCUT2D eigenvalue weighted by Gasteiger charge is 2.38. The van der Waals surface area contributed by atoms with Crippen LogP contribution in [0.25, 0.3) is 10.9 Å². The van der Waals surface area contributed by atoms with Crippen LogP contribution in [0.3, 0.4) is 0 Å². The second-order valence-corrected chi connectivity index (χ2v) is 7.44. The maximum Gasteiger partial charge on any atom is 0.251 e. The molecule has 29 heavy (non-hydrogen) atoms. The van der Waals surface area contributed by atoms with Crippen molar-refractivity contribution in [2.45, 2.75) is 38.8 Å². The summed E-state index contributed by atoms with van der Waals surface area (Å²) in [4.78, 5) is 5.38. The summed E-state index contributed by atoms with van der Waals surface area (Å²) in [6.07, 6.45) is -1.71. The summed E-state index contributed by atoms with van der Waals surface area (Å²) < 4.78 is 38.4. The van der Waals surface area contributed by atoms with E-state index in [0.717, 1.165) is 28.6 Å². The summed E-state index contributed by atoms with van der Waals surface area (Å²) in [6.45, 7) is 4.17. The molecule has 0 saturated carbocycles. The highest BCUT2D eigenvalue weighted by molar-refractivity contribution is 5.85. The molecule has 0 bridgehead atoms. The van der Waals surface area contributed by atoms with Crippen LogP contribution >= 0.6 is 0 Å². The van der Waals surface area contributed by atoms with Crippen molar-refractivity contribution in [3.63, 3.8) is 0 Å². The van der Waals surface area contributed by atoms with Gasteiger partial charge in [-0.15, -0.1) is 0 Å². The lowest BCUT2D eigenvalue weighted by Crippen LogP contribution is -2.45. The van der Waals surface area contributed by atoms with Gasteiger partial charge in [0.2, 0.25) is 0 Å². The Bertz CT molecular complexity index is 1000. The molecule has 0 spiro atoms. The van der Waals surface area contributed by atoms with Gasteiger partial charge in [0.15, 0.2) is 0 Å². The molecular formula is C23H26F2N2O2. The highest BCUT2D eigenvalue weighted by atomic mass is 19.3. The monoisotopic (exact) mass is 400 g/mol. The van der Waals surface area contributed by atoms with E-state index in [-0.39, 0.29) is 18.6 Å². The third-order valence-corrected chi connectivity index (χ3v) is 5.67. The van der Waals surface area contributed by atoms with Gasteiger partial charge in [0, 0.05) is 28.2 Å². The number of para-hydroxylation sites is 1. The third kappa shape index (κ3) is 3.57. The minimum absolute atomic E-state index is 0.0406. The number of hydrogen-bond acceptors (Lipinski definition) is 3. The van der Waals surface area contributed by atoms with Gasteiger partial charge < -0.3 is 14.5 Å². The number of ether oxygens (including phenoxy) is 2. The lowest BCUT2D eigenvalue weighted by Gasteiger charge is -2.41. The molecule has 0 amide bonds. The Morgan fingerprint density at radius 1 is 1.21 bits per heavy atom. The number of nitrogens with zero attached hydrogens (tertiary/aromatic N) is 1. The Hall–Kier alpha value is -2.60. The molecule has 0 fully saturated rings. The summed E-state index contributed by atoms with van der Waals surface area (Å²) >= 11 is 0. The predicted octanol–water partition coefficient (Wildman–Crippen LogP) is 5.18. The molecule has 0 aliphatic carbocycles. The van der Waals surface area contributed by atoms with E-state index in [1.165, 1.54) is 5.56 Å². The second-order valence-electron chi connectivity index (χ2n) is 7.44. The van der Waals surface area contributed by atoms with Gasteiger partial charge in [-0.2, -0.15) is 0 Å². The van der Waals surface area contributed by atoms with Crippen LogP contribution < -0.4 is 9.47 Å². The van der Waals surface area contributed by atoms with Crippen LogP contribution in [0.15, 0.2) is 42.5 Å². The zero-order valence-corrected chi connectivity index (χ0v) is 16.9. The third-order valence-electron chi connectivity index (χ3n) is 5.67. The van der Waals surface area contributed by atoms with Gasteiger partial charge in [0.05, 0.1) is 26.3 Å². The summed E-state index contributed by atoms with van der Waals surface area (Å²) in [5.74, 6) is 1.37. The average molecular weight is 400 g/mol. The van der Waals surface area contributed by atoms with Crippen LogP contribution in [0.4, 0.5) is 8.78 Å². The number of hydrogen-bond donors (Lipinski definition) is 1. The number of rotatable bonds is 6. The maximum atomic E-state index is 13.5. The molecule has 0 radical (unpaired) electrons. The van der Waals surface area contributed by atoms with E-state index in [9.17, 15) is 8.78 Å². The van der Waals surface area contributed by atoms with Gasteiger partial charge in [-0.25, -0.2) is 8.78 Å². The topological polar surface area (TPSA) is 37.5 Å².